The SMILES string of the molecule is CC.CF.Cc1ccc(C(=O)NCC(N)=O)cc1-n1cnc(OCc2ccc(F)cc2)c(Br)c1=O. The first-order valence-electron chi connectivity index (χ1n) is 10.5. The van der Waals surface area contributed by atoms with E-state index in [1.165, 1.54) is 29.1 Å². The number of nitrogens with two attached hydrogens (primary N) is 1. The van der Waals surface area contributed by atoms with Crippen LogP contribution >= 0.6 is 15.9 Å². The Hall–Kier alpha value is -3.60. The van der Waals surface area contributed by atoms with Crippen molar-refractivity contribution in [2.75, 3.05) is 13.7 Å². The Bertz CT molecular complexity index is 1200. The Morgan fingerprint density at radius 1 is 1.14 bits per heavy atom. The first-order valence-corrected chi connectivity index (χ1v) is 11.3. The highest BCUT2D eigenvalue weighted by atomic mass is 79.9. The summed E-state index contributed by atoms with van der Waals surface area (Å²) in [5, 5.41) is 2.40. The molecule has 0 spiro atoms. The number of ether oxygens (including phenoxy) is 1. The van der Waals surface area contributed by atoms with Crippen LogP contribution in [0.3, 0.4) is 0 Å². The average Bonchev–Trinajstić information content (AvgIpc) is 2.87. The summed E-state index contributed by atoms with van der Waals surface area (Å²) in [4.78, 5) is 40.1. The standard InChI is InChI=1S/C21H18BrFN4O4.C2H6.CH3F/c1-12-2-5-14(19(29)25-9-17(24)28)8-16(12)27-11-26-20(18(22)21(27)30)31-10-13-3-6-15(23)7-4-13;2*1-2/h2-8,11H,9-10H2,1H3,(H2,24,28)(H,25,29);1-2H3;1H3. The Balaban J connectivity index is 0.00000145. The van der Waals surface area contributed by atoms with Crippen molar-refractivity contribution < 1.29 is 23.1 Å². The van der Waals surface area contributed by atoms with Crippen LogP contribution < -0.4 is 21.3 Å². The molecule has 188 valence electrons. The van der Waals surface area contributed by atoms with E-state index in [2.05, 4.69) is 26.2 Å². The number of alkyl halides is 1. The zero-order chi connectivity index (χ0) is 26.5. The summed E-state index contributed by atoms with van der Waals surface area (Å²) in [6, 6.07) is 10.5. The second-order valence-electron chi connectivity index (χ2n) is 6.60. The van der Waals surface area contributed by atoms with Crippen LogP contribution in [-0.4, -0.2) is 35.1 Å². The summed E-state index contributed by atoms with van der Waals surface area (Å²) in [6.07, 6.45) is 1.29. The number of nitrogens with one attached hydrogen (secondary N) is 1. The minimum Gasteiger partial charge on any atom is -0.472 e. The molecule has 0 unspecified atom stereocenters. The zero-order valence-electron chi connectivity index (χ0n) is 19.8. The van der Waals surface area contributed by atoms with Gasteiger partial charge < -0.3 is 15.8 Å². The molecule has 2 aromatic carbocycles. The second kappa shape index (κ2) is 14.6. The van der Waals surface area contributed by atoms with E-state index in [1.54, 1.807) is 31.2 Å². The van der Waals surface area contributed by atoms with Crippen molar-refractivity contribution in [1.29, 1.82) is 0 Å². The highest BCUT2D eigenvalue weighted by Crippen LogP contribution is 2.21. The molecule has 0 bridgehead atoms. The van der Waals surface area contributed by atoms with Crippen molar-refractivity contribution >= 4 is 27.7 Å². The maximum Gasteiger partial charge on any atom is 0.276 e. The van der Waals surface area contributed by atoms with Crippen LogP contribution in [0.2, 0.25) is 0 Å². The Morgan fingerprint density at radius 2 is 1.77 bits per heavy atom. The average molecular weight is 553 g/mol. The number of aryl methyl sites for hydroxylation is 1. The van der Waals surface area contributed by atoms with E-state index >= 15 is 0 Å². The number of hydrogen-bond donors (Lipinski definition) is 2. The predicted molar refractivity (Wildman–Crippen MR) is 133 cm³/mol. The summed E-state index contributed by atoms with van der Waals surface area (Å²) < 4.78 is 29.5. The summed E-state index contributed by atoms with van der Waals surface area (Å²) >= 11 is 3.21. The van der Waals surface area contributed by atoms with Crippen LogP contribution in [0.5, 0.6) is 5.88 Å². The fourth-order valence-electron chi connectivity index (χ4n) is 2.70. The fourth-order valence-corrected chi connectivity index (χ4v) is 3.11. The summed E-state index contributed by atoms with van der Waals surface area (Å²) in [5.74, 6) is -1.44. The van der Waals surface area contributed by atoms with E-state index in [9.17, 15) is 23.2 Å². The number of primary amides is 1. The number of rotatable bonds is 7. The molecule has 3 aromatic rings. The number of nitrogens with zero attached hydrogens (tertiary/aromatic N) is 2. The van der Waals surface area contributed by atoms with Crippen molar-refractivity contribution in [1.82, 2.24) is 14.9 Å². The molecule has 0 saturated heterocycles. The van der Waals surface area contributed by atoms with Crippen molar-refractivity contribution in [3.63, 3.8) is 0 Å². The van der Waals surface area contributed by atoms with Crippen molar-refractivity contribution in [2.45, 2.75) is 27.4 Å². The number of benzene rings is 2. The number of hydrogen-bond acceptors (Lipinski definition) is 5. The van der Waals surface area contributed by atoms with E-state index in [0.29, 0.717) is 18.4 Å². The van der Waals surface area contributed by atoms with E-state index < -0.39 is 17.4 Å². The van der Waals surface area contributed by atoms with Gasteiger partial charge in [0.25, 0.3) is 11.5 Å². The first kappa shape index (κ1) is 29.4. The quantitative estimate of drug-likeness (QED) is 0.461. The summed E-state index contributed by atoms with van der Waals surface area (Å²) in [5.41, 5.74) is 6.73. The van der Waals surface area contributed by atoms with Gasteiger partial charge in [0.2, 0.25) is 11.8 Å². The molecule has 11 heteroatoms. The topological polar surface area (TPSA) is 116 Å². The van der Waals surface area contributed by atoms with Gasteiger partial charge in [-0.1, -0.05) is 32.0 Å². The lowest BCUT2D eigenvalue weighted by atomic mass is 10.1. The van der Waals surface area contributed by atoms with Crippen molar-refractivity contribution in [3.8, 4) is 11.6 Å². The molecule has 0 fully saturated rings. The Morgan fingerprint density at radius 3 is 2.37 bits per heavy atom. The van der Waals surface area contributed by atoms with Gasteiger partial charge in [0.1, 0.15) is 23.2 Å². The molecule has 0 saturated carbocycles. The van der Waals surface area contributed by atoms with Gasteiger partial charge in [-0.05, 0) is 58.2 Å². The maximum absolute atomic E-state index is 13.0. The van der Waals surface area contributed by atoms with Gasteiger partial charge in [0.05, 0.1) is 19.4 Å². The third-order valence-corrected chi connectivity index (χ3v) is 5.01. The smallest absolute Gasteiger partial charge is 0.276 e. The molecule has 0 aliphatic heterocycles. The Labute approximate surface area is 210 Å². The maximum atomic E-state index is 13.0. The van der Waals surface area contributed by atoms with Gasteiger partial charge in [-0.3, -0.25) is 23.3 Å². The van der Waals surface area contributed by atoms with Gasteiger partial charge in [0, 0.05) is 5.56 Å². The van der Waals surface area contributed by atoms with Gasteiger partial charge in [-0.2, -0.15) is 0 Å². The molecule has 2 amide bonds. The van der Waals surface area contributed by atoms with E-state index in [4.69, 9.17) is 10.5 Å². The molecule has 0 aliphatic carbocycles. The molecule has 0 radical (unpaired) electrons. The van der Waals surface area contributed by atoms with E-state index in [0.717, 1.165) is 5.56 Å². The minimum atomic E-state index is -0.665. The van der Waals surface area contributed by atoms with E-state index in [1.807, 2.05) is 13.8 Å². The third kappa shape index (κ3) is 8.29. The molecule has 0 atom stereocenters. The number of carbonyl (C=O) groups excluding carboxylic acids is 2. The lowest BCUT2D eigenvalue weighted by Crippen LogP contribution is -2.33. The third-order valence-electron chi connectivity index (χ3n) is 4.33. The molecule has 3 rings (SSSR count). The van der Waals surface area contributed by atoms with Crippen LogP contribution in [0.4, 0.5) is 8.78 Å². The van der Waals surface area contributed by atoms with Crippen molar-refractivity contribution in [3.05, 3.63) is 86.1 Å². The van der Waals surface area contributed by atoms with Crippen LogP contribution in [0.25, 0.3) is 5.69 Å². The van der Waals surface area contributed by atoms with E-state index in [-0.39, 0.29) is 34.9 Å². The monoisotopic (exact) mass is 552 g/mol. The molecule has 0 aliphatic rings. The lowest BCUT2D eigenvalue weighted by molar-refractivity contribution is -0.117. The largest absolute Gasteiger partial charge is 0.472 e. The molecule has 1 aromatic heterocycles. The molecular formula is C24H27BrF2N4O4. The van der Waals surface area contributed by atoms with Crippen LogP contribution in [0.1, 0.15) is 35.3 Å². The number of aromatic nitrogens is 2. The molecule has 3 N–H and O–H groups in total. The van der Waals surface area contributed by atoms with Gasteiger partial charge in [-0.25, -0.2) is 9.37 Å². The van der Waals surface area contributed by atoms with Gasteiger partial charge >= 0.3 is 0 Å². The molecular weight excluding hydrogens is 526 g/mol. The molecule has 1 heterocycles. The minimum absolute atomic E-state index is 0.0820. The first-order chi connectivity index (χ1) is 16.8. The fraction of sp³-hybridized carbons (Fsp3) is 0.250. The van der Waals surface area contributed by atoms with Crippen LogP contribution in [0, 0.1) is 12.7 Å². The second-order valence-corrected chi connectivity index (χ2v) is 7.40. The zero-order valence-corrected chi connectivity index (χ0v) is 21.4. The highest BCUT2D eigenvalue weighted by Gasteiger charge is 2.15. The number of carbonyl (C=O) groups is 2. The van der Waals surface area contributed by atoms with Crippen molar-refractivity contribution in [2.24, 2.45) is 5.73 Å². The summed E-state index contributed by atoms with van der Waals surface area (Å²) in [6.45, 7) is 5.58. The van der Waals surface area contributed by atoms with Crippen LogP contribution in [0.15, 0.2) is 58.1 Å². The molecule has 35 heavy (non-hydrogen) atoms. The van der Waals surface area contributed by atoms with Gasteiger partial charge in [-0.15, -0.1) is 0 Å². The van der Waals surface area contributed by atoms with Gasteiger partial charge in [0.15, 0.2) is 0 Å². The highest BCUT2D eigenvalue weighted by molar-refractivity contribution is 9.10. The molecule has 8 nitrogen and oxygen atoms in total. The lowest BCUT2D eigenvalue weighted by Gasteiger charge is -2.13. The summed E-state index contributed by atoms with van der Waals surface area (Å²) in [7, 11) is 0.500. The predicted octanol–water partition coefficient (Wildman–Crippen LogP) is 3.85. The van der Waals surface area contributed by atoms with Crippen LogP contribution in [-0.2, 0) is 11.4 Å². The number of amides is 2. The number of halogens is 3. The Kier molecular flexibility index (Phi) is 12.3. The normalized spacial score (nSPS) is 9.69.